The molecule has 0 radical (unpaired) electrons. The Kier molecular flexibility index (Phi) is 1.93. The summed E-state index contributed by atoms with van der Waals surface area (Å²) in [5.74, 6) is 0.921. The molecule has 1 saturated heterocycles. The van der Waals surface area contributed by atoms with Gasteiger partial charge in [0.2, 0.25) is 0 Å². The minimum absolute atomic E-state index is 0.525. The van der Waals surface area contributed by atoms with Crippen molar-refractivity contribution in [3.8, 4) is 0 Å². The second-order valence-electron chi connectivity index (χ2n) is 5.18. The Morgan fingerprint density at radius 3 is 2.93 bits per heavy atom. The molecule has 1 N–H and O–H groups in total. The molecule has 1 aromatic rings. The molecule has 2 atom stereocenters. The fourth-order valence-electron chi connectivity index (χ4n) is 3.15. The Hall–Kier alpha value is -0.820. The van der Waals surface area contributed by atoms with E-state index in [0.29, 0.717) is 5.41 Å². The van der Waals surface area contributed by atoms with Gasteiger partial charge < -0.3 is 5.32 Å². The van der Waals surface area contributed by atoms with E-state index in [9.17, 15) is 0 Å². The molecule has 2 unspecified atom stereocenters. The van der Waals surface area contributed by atoms with E-state index >= 15 is 0 Å². The third-order valence-corrected chi connectivity index (χ3v) is 4.37. The van der Waals surface area contributed by atoms with E-state index in [2.05, 4.69) is 37.4 Å². The molecule has 2 aliphatic rings. The molecule has 15 heavy (non-hydrogen) atoms. The highest BCUT2D eigenvalue weighted by Gasteiger charge is 2.57. The number of aryl methyl sites for hydroxylation is 2. The van der Waals surface area contributed by atoms with Gasteiger partial charge in [0.05, 0.1) is 0 Å². The Morgan fingerprint density at radius 1 is 1.47 bits per heavy atom. The predicted molar refractivity (Wildman–Crippen MR) is 63.2 cm³/mol. The monoisotopic (exact) mass is 201 g/mol. The first kappa shape index (κ1) is 9.41. The van der Waals surface area contributed by atoms with Crippen LogP contribution in [-0.2, 0) is 11.8 Å². The lowest BCUT2D eigenvalue weighted by Crippen LogP contribution is -2.19. The molecule has 0 aromatic heterocycles. The average molecular weight is 201 g/mol. The molecule has 3 rings (SSSR count). The topological polar surface area (TPSA) is 12.0 Å². The summed E-state index contributed by atoms with van der Waals surface area (Å²) < 4.78 is 0. The second-order valence-corrected chi connectivity index (χ2v) is 5.18. The molecule has 0 spiro atoms. The fraction of sp³-hybridized carbons (Fsp3) is 0.571. The molecule has 1 aromatic carbocycles. The zero-order valence-corrected chi connectivity index (χ0v) is 9.64. The highest BCUT2D eigenvalue weighted by Crippen LogP contribution is 2.56. The highest BCUT2D eigenvalue weighted by molar-refractivity contribution is 5.41. The number of benzene rings is 1. The Balaban J connectivity index is 1.99. The van der Waals surface area contributed by atoms with Gasteiger partial charge in [-0.05, 0) is 48.9 Å². The number of hydrogen-bond acceptors (Lipinski definition) is 1. The minimum atomic E-state index is 0.525. The molecule has 1 heteroatoms. The van der Waals surface area contributed by atoms with E-state index in [1.165, 1.54) is 30.6 Å². The van der Waals surface area contributed by atoms with Crippen LogP contribution in [0.4, 0.5) is 0 Å². The van der Waals surface area contributed by atoms with Crippen molar-refractivity contribution in [1.29, 1.82) is 0 Å². The summed E-state index contributed by atoms with van der Waals surface area (Å²) in [5.41, 5.74) is 5.08. The van der Waals surface area contributed by atoms with E-state index < -0.39 is 0 Å². The van der Waals surface area contributed by atoms with Crippen molar-refractivity contribution in [3.63, 3.8) is 0 Å². The van der Waals surface area contributed by atoms with Gasteiger partial charge in [0.15, 0.2) is 0 Å². The van der Waals surface area contributed by atoms with Crippen molar-refractivity contribution in [1.82, 2.24) is 5.32 Å². The van der Waals surface area contributed by atoms with Gasteiger partial charge in [-0.15, -0.1) is 0 Å². The number of piperidine rings is 1. The lowest BCUT2D eigenvalue weighted by molar-refractivity contribution is 0.674. The lowest BCUT2D eigenvalue weighted by atomic mass is 9.91. The summed E-state index contributed by atoms with van der Waals surface area (Å²) in [7, 11) is 0. The summed E-state index contributed by atoms with van der Waals surface area (Å²) in [6.45, 7) is 6.90. The van der Waals surface area contributed by atoms with Crippen LogP contribution in [0.2, 0.25) is 0 Å². The SMILES string of the molecule is CCc1cc(C23CNCC2C3)ccc1C. The van der Waals surface area contributed by atoms with E-state index in [1.54, 1.807) is 5.56 Å². The summed E-state index contributed by atoms with van der Waals surface area (Å²) >= 11 is 0. The molecule has 1 aliphatic heterocycles. The zero-order valence-electron chi connectivity index (χ0n) is 9.64. The maximum Gasteiger partial charge on any atom is 0.0122 e. The first-order valence-electron chi connectivity index (χ1n) is 6.07. The van der Waals surface area contributed by atoms with Crippen LogP contribution in [0.25, 0.3) is 0 Å². The van der Waals surface area contributed by atoms with Gasteiger partial charge in [-0.1, -0.05) is 25.1 Å². The molecule has 1 heterocycles. The highest BCUT2D eigenvalue weighted by atomic mass is 15.0. The third-order valence-electron chi connectivity index (χ3n) is 4.37. The number of fused-ring (bicyclic) bond motifs is 1. The quantitative estimate of drug-likeness (QED) is 0.775. The maximum atomic E-state index is 3.51. The van der Waals surface area contributed by atoms with Gasteiger partial charge in [0, 0.05) is 12.0 Å². The standard InChI is InChI=1S/C14H19N/c1-3-11-6-12(5-4-10(11)2)14-7-13(14)8-15-9-14/h4-6,13,15H,3,7-9H2,1-2H3. The van der Waals surface area contributed by atoms with Crippen molar-refractivity contribution < 1.29 is 0 Å². The van der Waals surface area contributed by atoms with Gasteiger partial charge in [-0.2, -0.15) is 0 Å². The maximum absolute atomic E-state index is 3.51. The van der Waals surface area contributed by atoms with Gasteiger partial charge in [0.1, 0.15) is 0 Å². The molecule has 1 aliphatic carbocycles. The van der Waals surface area contributed by atoms with Crippen molar-refractivity contribution in [3.05, 3.63) is 34.9 Å². The predicted octanol–water partition coefficient (Wildman–Crippen LogP) is 2.42. The summed E-state index contributed by atoms with van der Waals surface area (Å²) in [6.07, 6.45) is 2.57. The number of rotatable bonds is 2. The molecular weight excluding hydrogens is 182 g/mol. The fourth-order valence-corrected chi connectivity index (χ4v) is 3.15. The molecule has 0 bridgehead atoms. The molecule has 0 amide bonds. The second kappa shape index (κ2) is 3.08. The summed E-state index contributed by atoms with van der Waals surface area (Å²) in [4.78, 5) is 0. The van der Waals surface area contributed by atoms with Crippen LogP contribution >= 0.6 is 0 Å². The largest absolute Gasteiger partial charge is 0.316 e. The lowest BCUT2D eigenvalue weighted by Gasteiger charge is -2.14. The van der Waals surface area contributed by atoms with Gasteiger partial charge in [0.25, 0.3) is 0 Å². The minimum Gasteiger partial charge on any atom is -0.316 e. The molecule has 80 valence electrons. The molecule has 2 fully saturated rings. The zero-order chi connectivity index (χ0) is 10.5. The number of nitrogens with one attached hydrogen (secondary N) is 1. The summed E-state index contributed by atoms with van der Waals surface area (Å²) in [6, 6.07) is 7.10. The van der Waals surface area contributed by atoms with E-state index in [1.807, 2.05) is 0 Å². The number of hydrogen-bond donors (Lipinski definition) is 1. The van der Waals surface area contributed by atoms with E-state index in [4.69, 9.17) is 0 Å². The van der Waals surface area contributed by atoms with E-state index in [0.717, 1.165) is 12.3 Å². The summed E-state index contributed by atoms with van der Waals surface area (Å²) in [5, 5.41) is 3.51. The first-order chi connectivity index (χ1) is 7.26. The Labute approximate surface area is 91.9 Å². The molecular formula is C14H19N. The van der Waals surface area contributed by atoms with Crippen molar-refractivity contribution in [2.45, 2.75) is 32.1 Å². The van der Waals surface area contributed by atoms with Crippen molar-refractivity contribution in [2.75, 3.05) is 13.1 Å². The Morgan fingerprint density at radius 2 is 2.33 bits per heavy atom. The van der Waals surface area contributed by atoms with Gasteiger partial charge in [-0.25, -0.2) is 0 Å². The molecule has 1 nitrogen and oxygen atoms in total. The van der Waals surface area contributed by atoms with Crippen LogP contribution in [-0.4, -0.2) is 13.1 Å². The van der Waals surface area contributed by atoms with Crippen molar-refractivity contribution >= 4 is 0 Å². The molecule has 1 saturated carbocycles. The smallest absolute Gasteiger partial charge is 0.0122 e. The van der Waals surface area contributed by atoms with Crippen LogP contribution in [0.15, 0.2) is 18.2 Å². The average Bonchev–Trinajstić information content (AvgIpc) is 2.82. The van der Waals surface area contributed by atoms with Crippen molar-refractivity contribution in [2.24, 2.45) is 5.92 Å². The van der Waals surface area contributed by atoms with Crippen LogP contribution in [0.5, 0.6) is 0 Å². The Bertz CT molecular complexity index is 396. The van der Waals surface area contributed by atoms with E-state index in [-0.39, 0.29) is 0 Å². The van der Waals surface area contributed by atoms with Gasteiger partial charge in [-0.3, -0.25) is 0 Å². The van der Waals surface area contributed by atoms with Gasteiger partial charge >= 0.3 is 0 Å². The normalized spacial score (nSPS) is 32.8. The van der Waals surface area contributed by atoms with Crippen LogP contribution in [0, 0.1) is 12.8 Å². The first-order valence-corrected chi connectivity index (χ1v) is 6.07. The van der Waals surface area contributed by atoms with Crippen LogP contribution in [0.1, 0.15) is 30.0 Å². The third kappa shape index (κ3) is 1.26. The van der Waals surface area contributed by atoms with Crippen LogP contribution in [0.3, 0.4) is 0 Å². The van der Waals surface area contributed by atoms with Crippen LogP contribution < -0.4 is 5.32 Å².